The first-order valence-electron chi connectivity index (χ1n) is 3.90. The van der Waals surface area contributed by atoms with E-state index in [0.29, 0.717) is 18.1 Å². The molecule has 14 heavy (non-hydrogen) atoms. The normalized spacial score (nSPS) is 11.6. The molecule has 0 unspecified atom stereocenters. The fourth-order valence-electron chi connectivity index (χ4n) is 0.581. The van der Waals surface area contributed by atoms with Crippen molar-refractivity contribution >= 4 is 38.1 Å². The zero-order valence-electron chi connectivity index (χ0n) is 7.51. The standard InChI is InChI=1S/C6H13NO4S3/c7-2-4-13-6(8)12-3-1-5-14(9,10)11/h1-5,7H2,(H,9,10,11). The molecular formula is C6H13NO4S3. The zero-order chi connectivity index (χ0) is 11.0. The van der Waals surface area contributed by atoms with E-state index in [0.717, 1.165) is 23.5 Å². The van der Waals surface area contributed by atoms with E-state index in [-0.39, 0.29) is 16.6 Å². The SMILES string of the molecule is NCCSC(=O)SCCCS(=O)(=O)O. The molecule has 0 heterocycles. The van der Waals surface area contributed by atoms with Crippen LogP contribution in [0, 0.1) is 0 Å². The molecule has 0 saturated carbocycles. The van der Waals surface area contributed by atoms with E-state index in [2.05, 4.69) is 0 Å². The van der Waals surface area contributed by atoms with Crippen molar-refractivity contribution < 1.29 is 17.8 Å². The monoisotopic (exact) mass is 259 g/mol. The highest BCUT2D eigenvalue weighted by molar-refractivity contribution is 8.38. The maximum absolute atomic E-state index is 11.0. The van der Waals surface area contributed by atoms with Crippen LogP contribution in [0.5, 0.6) is 0 Å². The van der Waals surface area contributed by atoms with E-state index in [4.69, 9.17) is 10.3 Å². The quantitative estimate of drug-likeness (QED) is 0.538. The summed E-state index contributed by atoms with van der Waals surface area (Å²) in [5.41, 5.74) is 5.19. The average molecular weight is 259 g/mol. The first kappa shape index (κ1) is 14.2. The van der Waals surface area contributed by atoms with Gasteiger partial charge in [-0.25, -0.2) is 0 Å². The Morgan fingerprint density at radius 2 is 1.86 bits per heavy atom. The van der Waals surface area contributed by atoms with Gasteiger partial charge in [0.25, 0.3) is 10.1 Å². The highest BCUT2D eigenvalue weighted by Crippen LogP contribution is 2.16. The van der Waals surface area contributed by atoms with Crippen molar-refractivity contribution in [2.75, 3.05) is 23.8 Å². The first-order valence-corrected chi connectivity index (χ1v) is 7.48. The lowest BCUT2D eigenvalue weighted by molar-refractivity contribution is 0.276. The van der Waals surface area contributed by atoms with E-state index in [1.54, 1.807) is 0 Å². The molecule has 0 radical (unpaired) electrons. The molecule has 84 valence electrons. The Labute approximate surface area is 91.9 Å². The Hall–Kier alpha value is 0.240. The molecule has 0 aromatic rings. The number of carbonyl (C=O) groups excluding carboxylic acids is 1. The molecule has 3 N–H and O–H groups in total. The first-order chi connectivity index (χ1) is 6.45. The Morgan fingerprint density at radius 3 is 2.36 bits per heavy atom. The second kappa shape index (κ2) is 7.52. The summed E-state index contributed by atoms with van der Waals surface area (Å²) in [5, 5.41) is 0. The summed E-state index contributed by atoms with van der Waals surface area (Å²) in [6, 6.07) is 0. The van der Waals surface area contributed by atoms with Crippen molar-refractivity contribution in [2.24, 2.45) is 5.73 Å². The highest BCUT2D eigenvalue weighted by Gasteiger charge is 2.06. The van der Waals surface area contributed by atoms with Crippen molar-refractivity contribution in [3.8, 4) is 0 Å². The van der Waals surface area contributed by atoms with Gasteiger partial charge in [-0.1, -0.05) is 23.5 Å². The Kier molecular flexibility index (Phi) is 7.65. The largest absolute Gasteiger partial charge is 0.330 e. The van der Waals surface area contributed by atoms with Crippen LogP contribution in [0.4, 0.5) is 4.79 Å². The van der Waals surface area contributed by atoms with Crippen LogP contribution in [0.2, 0.25) is 0 Å². The minimum atomic E-state index is -3.89. The number of rotatable bonds is 6. The highest BCUT2D eigenvalue weighted by atomic mass is 32.2. The lowest BCUT2D eigenvalue weighted by atomic mass is 10.6. The van der Waals surface area contributed by atoms with Crippen LogP contribution in [0.1, 0.15) is 6.42 Å². The van der Waals surface area contributed by atoms with Crippen LogP contribution in [0.3, 0.4) is 0 Å². The third kappa shape index (κ3) is 10.3. The second-order valence-corrected chi connectivity index (χ2v) is 6.34. The molecule has 0 fully saturated rings. The lowest BCUT2D eigenvalue weighted by Crippen LogP contribution is -2.05. The predicted molar refractivity (Wildman–Crippen MR) is 60.4 cm³/mol. The van der Waals surface area contributed by atoms with Gasteiger partial charge in [-0.05, 0) is 6.42 Å². The number of nitrogens with two attached hydrogens (primary N) is 1. The van der Waals surface area contributed by atoms with Crippen molar-refractivity contribution in [3.63, 3.8) is 0 Å². The van der Waals surface area contributed by atoms with Gasteiger partial charge in [-0.15, -0.1) is 0 Å². The maximum atomic E-state index is 11.0. The van der Waals surface area contributed by atoms with Crippen LogP contribution in [-0.4, -0.2) is 41.2 Å². The predicted octanol–water partition coefficient (Wildman–Crippen LogP) is 0.809. The number of thioether (sulfide) groups is 2. The minimum absolute atomic E-state index is 0.0641. The Balaban J connectivity index is 3.41. The Morgan fingerprint density at radius 1 is 1.29 bits per heavy atom. The van der Waals surface area contributed by atoms with Crippen LogP contribution in [-0.2, 0) is 10.1 Å². The van der Waals surface area contributed by atoms with E-state index in [9.17, 15) is 13.2 Å². The van der Waals surface area contributed by atoms with E-state index >= 15 is 0 Å². The summed E-state index contributed by atoms with van der Waals surface area (Å²) in [6.07, 6.45) is 0.276. The van der Waals surface area contributed by atoms with E-state index < -0.39 is 10.1 Å². The minimum Gasteiger partial charge on any atom is -0.330 e. The topological polar surface area (TPSA) is 97.5 Å². The third-order valence-corrected chi connectivity index (χ3v) is 4.02. The summed E-state index contributed by atoms with van der Waals surface area (Å²) in [4.78, 5) is 11.0. The smallest absolute Gasteiger partial charge is 0.264 e. The summed E-state index contributed by atoms with van der Waals surface area (Å²) >= 11 is 2.17. The molecule has 0 aliphatic carbocycles. The van der Waals surface area contributed by atoms with Gasteiger partial charge in [0, 0.05) is 18.1 Å². The maximum Gasteiger partial charge on any atom is 0.264 e. The van der Waals surface area contributed by atoms with Gasteiger partial charge in [-0.3, -0.25) is 9.35 Å². The number of hydrogen-bond acceptors (Lipinski definition) is 6. The van der Waals surface area contributed by atoms with Gasteiger partial charge < -0.3 is 5.73 Å². The molecular weight excluding hydrogens is 246 g/mol. The number of carbonyl (C=O) groups is 1. The Bertz CT molecular complexity index is 264. The summed E-state index contributed by atoms with van der Waals surface area (Å²) in [7, 11) is -3.89. The number of hydrogen-bond donors (Lipinski definition) is 2. The van der Waals surface area contributed by atoms with Crippen LogP contribution < -0.4 is 5.73 Å². The fourth-order valence-corrected chi connectivity index (χ4v) is 2.85. The van der Waals surface area contributed by atoms with Crippen molar-refractivity contribution in [1.29, 1.82) is 0 Å². The second-order valence-electron chi connectivity index (χ2n) is 2.38. The van der Waals surface area contributed by atoms with Crippen molar-refractivity contribution in [2.45, 2.75) is 6.42 Å². The molecule has 0 aromatic heterocycles. The molecule has 5 nitrogen and oxygen atoms in total. The summed E-state index contributed by atoms with van der Waals surface area (Å²) in [6.45, 7) is 0.446. The van der Waals surface area contributed by atoms with Crippen LogP contribution >= 0.6 is 23.5 Å². The summed E-state index contributed by atoms with van der Waals surface area (Å²) in [5.74, 6) is 0.676. The van der Waals surface area contributed by atoms with Gasteiger partial charge >= 0.3 is 0 Å². The zero-order valence-corrected chi connectivity index (χ0v) is 9.96. The average Bonchev–Trinajstić information content (AvgIpc) is 2.07. The van der Waals surface area contributed by atoms with E-state index in [1.807, 2.05) is 0 Å². The molecule has 0 rings (SSSR count). The molecule has 0 atom stereocenters. The van der Waals surface area contributed by atoms with Crippen molar-refractivity contribution in [3.05, 3.63) is 0 Å². The lowest BCUT2D eigenvalue weighted by Gasteiger charge is -1.98. The van der Waals surface area contributed by atoms with Gasteiger partial charge in [0.15, 0.2) is 0 Å². The van der Waals surface area contributed by atoms with Gasteiger partial charge in [0.05, 0.1) is 5.75 Å². The van der Waals surface area contributed by atoms with Crippen LogP contribution in [0.15, 0.2) is 0 Å². The molecule has 0 aromatic carbocycles. The molecule has 0 aliphatic rings. The summed E-state index contributed by atoms with van der Waals surface area (Å²) < 4.78 is 28.9. The van der Waals surface area contributed by atoms with Crippen molar-refractivity contribution in [1.82, 2.24) is 0 Å². The molecule has 0 aliphatic heterocycles. The van der Waals surface area contributed by atoms with Gasteiger partial charge in [-0.2, -0.15) is 8.42 Å². The van der Waals surface area contributed by atoms with Crippen LogP contribution in [0.25, 0.3) is 0 Å². The molecule has 0 saturated heterocycles. The third-order valence-electron chi connectivity index (χ3n) is 1.10. The van der Waals surface area contributed by atoms with Gasteiger partial charge in [0.1, 0.15) is 0 Å². The molecule has 0 spiro atoms. The molecule has 0 bridgehead atoms. The molecule has 8 heteroatoms. The fraction of sp³-hybridized carbons (Fsp3) is 0.833. The van der Waals surface area contributed by atoms with Gasteiger partial charge in [0.2, 0.25) is 4.45 Å². The molecule has 0 amide bonds. The van der Waals surface area contributed by atoms with E-state index in [1.165, 1.54) is 0 Å².